The maximum atomic E-state index is 14.3. The molecule has 8 nitrogen and oxygen atoms in total. The summed E-state index contributed by atoms with van der Waals surface area (Å²) in [6.45, 7) is 0. The van der Waals surface area contributed by atoms with Gasteiger partial charge in [0.15, 0.2) is 0 Å². The first-order valence-electron chi connectivity index (χ1n) is 17.5. The Labute approximate surface area is 343 Å². The van der Waals surface area contributed by atoms with Crippen LogP contribution < -0.4 is 0 Å². The zero-order valence-electron chi connectivity index (χ0n) is 29.7. The average molecular weight is 939 g/mol. The van der Waals surface area contributed by atoms with Crippen LogP contribution in [0, 0.1) is 11.6 Å². The van der Waals surface area contributed by atoms with Crippen LogP contribution in [0.1, 0.15) is 22.8 Å². The van der Waals surface area contributed by atoms with Crippen molar-refractivity contribution in [3.63, 3.8) is 0 Å². The molecule has 4 aromatic carbocycles. The summed E-state index contributed by atoms with van der Waals surface area (Å²) in [6, 6.07) is 32.4. The Hall–Kier alpha value is -5.40. The predicted molar refractivity (Wildman–Crippen MR) is 225 cm³/mol. The summed E-state index contributed by atoms with van der Waals surface area (Å²) in [5, 5.41) is 0. The molecule has 8 bridgehead atoms. The third-order valence-electron chi connectivity index (χ3n) is 9.65. The van der Waals surface area contributed by atoms with Gasteiger partial charge >= 0.3 is 345 Å². The van der Waals surface area contributed by atoms with Crippen LogP contribution in [0.15, 0.2) is 131 Å². The van der Waals surface area contributed by atoms with Gasteiger partial charge in [0.1, 0.15) is 0 Å². The van der Waals surface area contributed by atoms with Crippen molar-refractivity contribution in [3.8, 4) is 44.5 Å². The molecule has 58 heavy (non-hydrogen) atoms. The molecule has 0 amide bonds. The minimum atomic E-state index is -4.46. The molecule has 9 rings (SSSR count). The van der Waals surface area contributed by atoms with Gasteiger partial charge in [-0.2, -0.15) is 0 Å². The van der Waals surface area contributed by atoms with Crippen LogP contribution in [-0.4, -0.2) is 64.9 Å². The van der Waals surface area contributed by atoms with Gasteiger partial charge in [-0.1, -0.05) is 0 Å². The van der Waals surface area contributed by atoms with E-state index >= 15 is 0 Å². The molecule has 0 aliphatic carbocycles. The first kappa shape index (κ1) is 38.1. The molecule has 2 aliphatic heterocycles. The fraction of sp³-hybridized carbons (Fsp3) is 0. The third-order valence-corrected chi connectivity index (χ3v) is 16.1. The van der Waals surface area contributed by atoms with Gasteiger partial charge < -0.3 is 0 Å². The van der Waals surface area contributed by atoms with Crippen LogP contribution in [0.5, 0.6) is 0 Å². The molecule has 286 valence electrons. The van der Waals surface area contributed by atoms with Gasteiger partial charge in [-0.3, -0.25) is 0 Å². The van der Waals surface area contributed by atoms with Crippen molar-refractivity contribution in [1.29, 1.82) is 0 Å². The van der Waals surface area contributed by atoms with Gasteiger partial charge in [0, 0.05) is 0 Å². The molecule has 0 saturated heterocycles. The predicted octanol–water partition coefficient (Wildman–Crippen LogP) is 9.55. The van der Waals surface area contributed by atoms with E-state index in [1.54, 1.807) is 48.5 Å². The molecule has 3 aromatic heterocycles. The number of hydrogen-bond donors (Lipinski definition) is 2. The number of aromatic nitrogens is 2. The molecule has 5 heterocycles. The summed E-state index contributed by atoms with van der Waals surface area (Å²) in [5.74, 6) is -0.756. The molecule has 0 radical (unpaired) electrons. The van der Waals surface area contributed by atoms with E-state index in [2.05, 4.69) is 0 Å². The number of rotatable bonds is 6. The Bertz CT molecular complexity index is 3050. The Morgan fingerprint density at radius 3 is 0.862 bits per heavy atom. The van der Waals surface area contributed by atoms with E-state index in [4.69, 9.17) is 9.97 Å². The zero-order valence-corrected chi connectivity index (χ0v) is 34.7. The fourth-order valence-electron chi connectivity index (χ4n) is 6.98. The van der Waals surface area contributed by atoms with Crippen molar-refractivity contribution in [2.24, 2.45) is 0 Å². The SMILES string of the molecule is O=S(=O)(O)c1ccc(-c2c3nc(c(-c4ccc(F)cc4)c4ccc([se]4)c(-c4ccc(F)cc4)c4nc(c(-c5ccc(S(=O)(=O)O)cc5)c5ccc2[se]5)C=C4)C=C3)cc1. The average Bonchev–Trinajstić information content (AvgIpc) is 4.04. The minimum absolute atomic E-state index is 0.254. The summed E-state index contributed by atoms with van der Waals surface area (Å²) < 4.78 is 99.8. The number of benzene rings is 4. The topological polar surface area (TPSA) is 135 Å². The third kappa shape index (κ3) is 7.30. The van der Waals surface area contributed by atoms with Gasteiger partial charge in [-0.15, -0.1) is 0 Å². The monoisotopic (exact) mass is 940 g/mol. The van der Waals surface area contributed by atoms with E-state index in [0.29, 0.717) is 33.9 Å². The van der Waals surface area contributed by atoms with E-state index < -0.39 is 34.7 Å². The molecule has 0 fully saturated rings. The quantitative estimate of drug-likeness (QED) is 0.124. The van der Waals surface area contributed by atoms with Gasteiger partial charge in [-0.25, -0.2) is 0 Å². The van der Waals surface area contributed by atoms with E-state index in [9.17, 15) is 34.7 Å². The first-order chi connectivity index (χ1) is 27.8. The van der Waals surface area contributed by atoms with Crippen molar-refractivity contribution < 1.29 is 34.7 Å². The van der Waals surface area contributed by atoms with Crippen molar-refractivity contribution in [2.45, 2.75) is 9.79 Å². The summed E-state index contributed by atoms with van der Waals surface area (Å²) in [7, 11) is -8.92. The van der Waals surface area contributed by atoms with Gasteiger partial charge in [0.25, 0.3) is 0 Å². The second-order valence-electron chi connectivity index (χ2n) is 13.3. The molecule has 7 aromatic rings. The maximum absolute atomic E-state index is 14.3. The Kier molecular flexibility index (Phi) is 9.71. The fourth-order valence-corrected chi connectivity index (χ4v) is 12.8. The summed E-state index contributed by atoms with van der Waals surface area (Å²) >= 11 is -0.768. The van der Waals surface area contributed by atoms with Crippen molar-refractivity contribution in [1.82, 2.24) is 9.97 Å². The van der Waals surface area contributed by atoms with Gasteiger partial charge in [0.05, 0.1) is 0 Å². The van der Waals surface area contributed by atoms with E-state index in [0.717, 1.165) is 50.4 Å². The Morgan fingerprint density at radius 1 is 0.379 bits per heavy atom. The Balaban J connectivity index is 1.44. The van der Waals surface area contributed by atoms with E-state index in [1.807, 2.05) is 48.6 Å². The van der Waals surface area contributed by atoms with Gasteiger partial charge in [0.2, 0.25) is 0 Å². The van der Waals surface area contributed by atoms with E-state index in [-0.39, 0.29) is 35.9 Å². The molecule has 2 N–H and O–H groups in total. The van der Waals surface area contributed by atoms with Gasteiger partial charge in [-0.05, 0) is 0 Å². The molecular formula is C44H26F2N2O6S2Se2. The zero-order chi connectivity index (χ0) is 40.3. The molecule has 0 saturated carbocycles. The number of fused-ring (bicyclic) bond motifs is 8. The summed E-state index contributed by atoms with van der Waals surface area (Å²) in [5.41, 5.74) is 8.44. The molecule has 0 spiro atoms. The standard InChI is InChI=1S/C44H26F2N2O6S2Se2/c45-29-9-1-25(2-10-29)41-33-17-19-35(47-33)43(27-5-13-31(14-6-27)55(49,50)51)39-23-24-40(58-39)44(28-7-15-32(16-8-28)56(52,53)54)36-20-18-34(48-36)42(38-22-21-37(41)57-38)26-3-11-30(46)12-4-26/h1-24H,(H,49,50,51)(H,52,53,54). The van der Waals surface area contributed by atoms with Crippen LogP contribution >= 0.6 is 0 Å². The molecule has 14 heteroatoms. The van der Waals surface area contributed by atoms with Crippen molar-refractivity contribution >= 4 is 90.6 Å². The summed E-state index contributed by atoms with van der Waals surface area (Å²) in [6.07, 6.45) is 7.62. The van der Waals surface area contributed by atoms with Crippen LogP contribution in [0.3, 0.4) is 0 Å². The molecule has 0 unspecified atom stereocenters. The number of hydrogen-bond acceptors (Lipinski definition) is 6. The normalized spacial score (nSPS) is 12.6. The number of nitrogens with zero attached hydrogens (tertiary/aromatic N) is 2. The van der Waals surface area contributed by atoms with Crippen LogP contribution in [0.25, 0.3) is 85.9 Å². The Morgan fingerprint density at radius 2 is 0.621 bits per heavy atom. The molecular weight excluding hydrogens is 913 g/mol. The van der Waals surface area contributed by atoms with Crippen LogP contribution in [-0.2, 0) is 20.2 Å². The van der Waals surface area contributed by atoms with Crippen molar-refractivity contribution in [3.05, 3.63) is 156 Å². The van der Waals surface area contributed by atoms with Crippen molar-refractivity contribution in [2.75, 3.05) is 0 Å². The second kappa shape index (κ2) is 14.8. The second-order valence-corrected chi connectivity index (χ2v) is 20.7. The molecule has 2 aliphatic rings. The summed E-state index contributed by atoms with van der Waals surface area (Å²) in [4.78, 5) is 9.89. The van der Waals surface area contributed by atoms with E-state index in [1.165, 1.54) is 48.5 Å². The number of halogens is 2. The first-order valence-corrected chi connectivity index (χ1v) is 23.8. The van der Waals surface area contributed by atoms with Crippen LogP contribution in [0.2, 0.25) is 0 Å². The molecule has 0 atom stereocenters. The van der Waals surface area contributed by atoms with Crippen LogP contribution in [0.4, 0.5) is 8.78 Å².